The van der Waals surface area contributed by atoms with Gasteiger partial charge in [0.15, 0.2) is 0 Å². The first-order valence-electron chi connectivity index (χ1n) is 7.43. The van der Waals surface area contributed by atoms with Crippen molar-refractivity contribution >= 4 is 0 Å². The van der Waals surface area contributed by atoms with E-state index in [-0.39, 0.29) is 11.9 Å². The topological polar surface area (TPSA) is 21.3 Å². The molecule has 0 spiro atoms. The molecule has 0 aromatic heterocycles. The van der Waals surface area contributed by atoms with Crippen LogP contribution in [0.15, 0.2) is 48.5 Å². The molecule has 0 aliphatic carbocycles. The first-order chi connectivity index (χ1) is 10.2. The van der Waals surface area contributed by atoms with Crippen molar-refractivity contribution in [3.8, 4) is 5.75 Å². The molecule has 112 valence electrons. The fourth-order valence-electron chi connectivity index (χ4n) is 2.30. The Balaban J connectivity index is 1.97. The fourth-order valence-corrected chi connectivity index (χ4v) is 2.30. The lowest BCUT2D eigenvalue weighted by atomic mass is 10.0. The van der Waals surface area contributed by atoms with E-state index in [0.717, 1.165) is 24.3 Å². The Morgan fingerprint density at radius 2 is 1.67 bits per heavy atom. The molecule has 0 heterocycles. The number of hydrogen-bond donors (Lipinski definition) is 1. The predicted octanol–water partition coefficient (Wildman–Crippen LogP) is 4.47. The quantitative estimate of drug-likeness (QED) is 0.811. The van der Waals surface area contributed by atoms with Crippen LogP contribution in [-0.2, 0) is 6.54 Å². The van der Waals surface area contributed by atoms with Gasteiger partial charge in [-0.2, -0.15) is 0 Å². The molecular formula is C18H22FNO. The van der Waals surface area contributed by atoms with Crippen LogP contribution >= 0.6 is 0 Å². The number of benzene rings is 2. The van der Waals surface area contributed by atoms with Crippen LogP contribution in [0.3, 0.4) is 0 Å². The van der Waals surface area contributed by atoms with Crippen molar-refractivity contribution in [2.45, 2.75) is 32.9 Å². The zero-order chi connectivity index (χ0) is 15.1. The highest BCUT2D eigenvalue weighted by atomic mass is 19.1. The lowest BCUT2D eigenvalue weighted by Crippen LogP contribution is -2.20. The molecule has 2 aromatic carbocycles. The van der Waals surface area contributed by atoms with Crippen LogP contribution < -0.4 is 10.1 Å². The first-order valence-corrected chi connectivity index (χ1v) is 7.43. The Hall–Kier alpha value is -1.87. The van der Waals surface area contributed by atoms with Crippen molar-refractivity contribution in [3.63, 3.8) is 0 Å². The third-order valence-corrected chi connectivity index (χ3v) is 3.47. The summed E-state index contributed by atoms with van der Waals surface area (Å²) in [7, 11) is 0. The van der Waals surface area contributed by atoms with Crippen molar-refractivity contribution in [2.75, 3.05) is 6.61 Å². The Bertz CT molecular complexity index is 536. The zero-order valence-electron chi connectivity index (χ0n) is 12.6. The third-order valence-electron chi connectivity index (χ3n) is 3.47. The summed E-state index contributed by atoms with van der Waals surface area (Å²) in [6.07, 6.45) is 0.995. The highest BCUT2D eigenvalue weighted by Gasteiger charge is 2.08. The van der Waals surface area contributed by atoms with Gasteiger partial charge in [0.2, 0.25) is 0 Å². The van der Waals surface area contributed by atoms with E-state index in [0.29, 0.717) is 6.61 Å². The Kier molecular flexibility index (Phi) is 5.76. The normalized spacial score (nSPS) is 12.1. The van der Waals surface area contributed by atoms with Crippen LogP contribution in [0.1, 0.15) is 37.4 Å². The molecule has 0 bridgehead atoms. The predicted molar refractivity (Wildman–Crippen MR) is 83.9 cm³/mol. The smallest absolute Gasteiger partial charge is 0.123 e. The standard InChI is InChI=1S/C18H22FNO/c1-3-18(15-7-11-17(12-8-15)21-4-2)20-13-14-5-9-16(19)10-6-14/h5-12,18,20H,3-4,13H2,1-2H3. The lowest BCUT2D eigenvalue weighted by Gasteiger charge is -2.18. The van der Waals surface area contributed by atoms with Crippen molar-refractivity contribution < 1.29 is 9.13 Å². The van der Waals surface area contributed by atoms with Crippen LogP contribution in [0.4, 0.5) is 4.39 Å². The van der Waals surface area contributed by atoms with Gasteiger partial charge in [0, 0.05) is 12.6 Å². The first kappa shape index (κ1) is 15.5. The molecular weight excluding hydrogens is 265 g/mol. The van der Waals surface area contributed by atoms with Crippen LogP contribution in [-0.4, -0.2) is 6.61 Å². The molecule has 1 N–H and O–H groups in total. The second-order valence-corrected chi connectivity index (χ2v) is 4.97. The van der Waals surface area contributed by atoms with Crippen LogP contribution in [0.25, 0.3) is 0 Å². The van der Waals surface area contributed by atoms with E-state index in [9.17, 15) is 4.39 Å². The van der Waals surface area contributed by atoms with E-state index in [4.69, 9.17) is 4.74 Å². The number of halogens is 1. The summed E-state index contributed by atoms with van der Waals surface area (Å²) in [5.74, 6) is 0.701. The van der Waals surface area contributed by atoms with Gasteiger partial charge in [-0.25, -0.2) is 4.39 Å². The second-order valence-electron chi connectivity index (χ2n) is 4.97. The van der Waals surface area contributed by atoms with Crippen LogP contribution in [0, 0.1) is 5.82 Å². The fraction of sp³-hybridized carbons (Fsp3) is 0.333. The molecule has 0 saturated heterocycles. The molecule has 0 aliphatic heterocycles. The summed E-state index contributed by atoms with van der Waals surface area (Å²) in [6, 6.07) is 15.1. The van der Waals surface area contributed by atoms with Gasteiger partial charge < -0.3 is 10.1 Å². The van der Waals surface area contributed by atoms with Crippen molar-refractivity contribution in [1.82, 2.24) is 5.32 Å². The van der Waals surface area contributed by atoms with Gasteiger partial charge in [0.1, 0.15) is 11.6 Å². The van der Waals surface area contributed by atoms with Gasteiger partial charge in [-0.15, -0.1) is 0 Å². The molecule has 0 aliphatic rings. The van der Waals surface area contributed by atoms with Crippen molar-refractivity contribution in [1.29, 1.82) is 0 Å². The summed E-state index contributed by atoms with van der Waals surface area (Å²) >= 11 is 0. The maximum atomic E-state index is 12.9. The monoisotopic (exact) mass is 287 g/mol. The molecule has 0 amide bonds. The lowest BCUT2D eigenvalue weighted by molar-refractivity contribution is 0.340. The summed E-state index contributed by atoms with van der Waals surface area (Å²) < 4.78 is 18.3. The Labute approximate surface area is 126 Å². The molecule has 0 saturated carbocycles. The van der Waals surface area contributed by atoms with E-state index in [1.54, 1.807) is 0 Å². The van der Waals surface area contributed by atoms with Gasteiger partial charge >= 0.3 is 0 Å². The average molecular weight is 287 g/mol. The Morgan fingerprint density at radius 1 is 1.00 bits per heavy atom. The molecule has 0 radical (unpaired) electrons. The summed E-state index contributed by atoms with van der Waals surface area (Å²) in [6.45, 7) is 5.54. The third kappa shape index (κ3) is 4.57. The highest BCUT2D eigenvalue weighted by molar-refractivity contribution is 5.29. The van der Waals surface area contributed by atoms with Gasteiger partial charge in [0.05, 0.1) is 6.61 Å². The maximum Gasteiger partial charge on any atom is 0.123 e. The Morgan fingerprint density at radius 3 is 2.24 bits per heavy atom. The molecule has 21 heavy (non-hydrogen) atoms. The van der Waals surface area contributed by atoms with Crippen LogP contribution in [0.5, 0.6) is 5.75 Å². The van der Waals surface area contributed by atoms with Crippen molar-refractivity contribution in [3.05, 3.63) is 65.5 Å². The summed E-state index contributed by atoms with van der Waals surface area (Å²) in [5, 5.41) is 3.51. The van der Waals surface area contributed by atoms with E-state index in [2.05, 4.69) is 24.4 Å². The van der Waals surface area contributed by atoms with E-state index < -0.39 is 0 Å². The number of hydrogen-bond acceptors (Lipinski definition) is 2. The molecule has 2 aromatic rings. The molecule has 1 unspecified atom stereocenters. The van der Waals surface area contributed by atoms with Gasteiger partial charge in [-0.1, -0.05) is 31.2 Å². The maximum absolute atomic E-state index is 12.9. The van der Waals surface area contributed by atoms with E-state index in [1.807, 2.05) is 31.2 Å². The van der Waals surface area contributed by atoms with Gasteiger partial charge in [-0.3, -0.25) is 0 Å². The summed E-state index contributed by atoms with van der Waals surface area (Å²) in [5.41, 5.74) is 2.32. The highest BCUT2D eigenvalue weighted by Crippen LogP contribution is 2.20. The number of nitrogens with one attached hydrogen (secondary N) is 1. The molecule has 3 heteroatoms. The molecule has 2 nitrogen and oxygen atoms in total. The zero-order valence-corrected chi connectivity index (χ0v) is 12.6. The van der Waals surface area contributed by atoms with Crippen LogP contribution in [0.2, 0.25) is 0 Å². The van der Waals surface area contributed by atoms with Gasteiger partial charge in [-0.05, 0) is 48.7 Å². The molecule has 2 rings (SSSR count). The minimum Gasteiger partial charge on any atom is -0.494 e. The van der Waals surface area contributed by atoms with E-state index in [1.165, 1.54) is 17.7 Å². The summed E-state index contributed by atoms with van der Waals surface area (Å²) in [4.78, 5) is 0. The minimum absolute atomic E-state index is 0.197. The van der Waals surface area contributed by atoms with Crippen molar-refractivity contribution in [2.24, 2.45) is 0 Å². The average Bonchev–Trinajstić information content (AvgIpc) is 2.51. The molecule has 1 atom stereocenters. The van der Waals surface area contributed by atoms with Gasteiger partial charge in [0.25, 0.3) is 0 Å². The molecule has 0 fully saturated rings. The number of ether oxygens (including phenoxy) is 1. The van der Waals surface area contributed by atoms with E-state index >= 15 is 0 Å². The number of rotatable bonds is 7. The minimum atomic E-state index is -0.197. The second kappa shape index (κ2) is 7.79. The SMILES string of the molecule is CCOc1ccc(C(CC)NCc2ccc(F)cc2)cc1. The largest absolute Gasteiger partial charge is 0.494 e.